The Balaban J connectivity index is 2.55. The molecule has 2 unspecified atom stereocenters. The number of nitrogens with two attached hydrogens (primary N) is 1. The van der Waals surface area contributed by atoms with Gasteiger partial charge in [0.15, 0.2) is 0 Å². The third-order valence-corrected chi connectivity index (χ3v) is 3.35. The molecule has 1 rings (SSSR count). The van der Waals surface area contributed by atoms with Crippen LogP contribution < -0.4 is 5.73 Å². The highest BCUT2D eigenvalue weighted by molar-refractivity contribution is 5.15. The molecule has 0 aromatic carbocycles. The van der Waals surface area contributed by atoms with Gasteiger partial charge in [-0.25, -0.2) is 0 Å². The van der Waals surface area contributed by atoms with Gasteiger partial charge in [0.2, 0.25) is 0 Å². The number of hydrogen-bond donors (Lipinski definition) is 1. The highest BCUT2D eigenvalue weighted by atomic mass is 14.5. The minimum Gasteiger partial charge on any atom is -0.330 e. The van der Waals surface area contributed by atoms with Gasteiger partial charge in [-0.05, 0) is 57.4 Å². The lowest BCUT2D eigenvalue weighted by Crippen LogP contribution is -2.14. The lowest BCUT2D eigenvalue weighted by molar-refractivity contribution is 0.355. The lowest BCUT2D eigenvalue weighted by atomic mass is 9.78. The van der Waals surface area contributed by atoms with Crippen LogP contribution in [0.4, 0.5) is 0 Å². The van der Waals surface area contributed by atoms with Crippen molar-refractivity contribution in [2.24, 2.45) is 17.6 Å². The Bertz CT molecular complexity index is 193. The topological polar surface area (TPSA) is 26.0 Å². The maximum Gasteiger partial charge on any atom is -0.00742 e. The molecule has 1 saturated carbocycles. The predicted molar refractivity (Wildman–Crippen MR) is 63.2 cm³/mol. The Morgan fingerprint density at radius 1 is 1.29 bits per heavy atom. The highest BCUT2D eigenvalue weighted by Gasteiger charge is 2.19. The molecule has 0 radical (unpaired) electrons. The van der Waals surface area contributed by atoms with E-state index in [1.54, 1.807) is 11.1 Å². The minimum absolute atomic E-state index is 0.829. The van der Waals surface area contributed by atoms with Gasteiger partial charge in [0.1, 0.15) is 0 Å². The third kappa shape index (κ3) is 3.45. The molecule has 0 bridgehead atoms. The first-order valence-electron chi connectivity index (χ1n) is 6.01. The summed E-state index contributed by atoms with van der Waals surface area (Å²) in [6.07, 6.45) is 6.44. The van der Waals surface area contributed by atoms with E-state index in [0.29, 0.717) is 0 Å². The average Bonchev–Trinajstić information content (AvgIpc) is 2.12. The zero-order chi connectivity index (χ0) is 10.6. The van der Waals surface area contributed by atoms with E-state index in [1.807, 2.05) is 0 Å². The van der Waals surface area contributed by atoms with E-state index < -0.39 is 0 Å². The first-order valence-corrected chi connectivity index (χ1v) is 6.01. The van der Waals surface area contributed by atoms with Gasteiger partial charge in [-0.3, -0.25) is 0 Å². The van der Waals surface area contributed by atoms with Crippen LogP contribution in [-0.4, -0.2) is 6.54 Å². The molecule has 0 amide bonds. The van der Waals surface area contributed by atoms with Gasteiger partial charge < -0.3 is 5.73 Å². The van der Waals surface area contributed by atoms with Gasteiger partial charge in [0.25, 0.3) is 0 Å². The number of allylic oxidation sites excluding steroid dienone is 2. The molecule has 14 heavy (non-hydrogen) atoms. The van der Waals surface area contributed by atoms with Crippen molar-refractivity contribution in [2.45, 2.75) is 52.9 Å². The third-order valence-electron chi connectivity index (χ3n) is 3.35. The monoisotopic (exact) mass is 195 g/mol. The fourth-order valence-corrected chi connectivity index (χ4v) is 2.67. The zero-order valence-electron chi connectivity index (χ0n) is 9.97. The Morgan fingerprint density at radius 2 is 1.86 bits per heavy atom. The SMILES string of the molecule is CC(CCCN)=C1CC(C)CC(C)C1. The van der Waals surface area contributed by atoms with Crippen LogP contribution in [0.1, 0.15) is 52.9 Å². The van der Waals surface area contributed by atoms with Crippen LogP contribution in [0.5, 0.6) is 0 Å². The predicted octanol–water partition coefficient (Wildman–Crippen LogP) is 3.50. The van der Waals surface area contributed by atoms with Crippen LogP contribution in [0.2, 0.25) is 0 Å². The lowest BCUT2D eigenvalue weighted by Gasteiger charge is -2.28. The molecule has 1 aliphatic rings. The maximum absolute atomic E-state index is 5.54. The van der Waals surface area contributed by atoms with E-state index in [4.69, 9.17) is 5.73 Å². The molecule has 2 atom stereocenters. The first kappa shape index (κ1) is 11.8. The molecular formula is C13H25N. The molecule has 1 fully saturated rings. The summed E-state index contributed by atoms with van der Waals surface area (Å²) in [5.41, 5.74) is 8.88. The molecule has 0 saturated heterocycles. The van der Waals surface area contributed by atoms with E-state index in [0.717, 1.165) is 24.8 Å². The fraction of sp³-hybridized carbons (Fsp3) is 0.846. The maximum atomic E-state index is 5.54. The van der Waals surface area contributed by atoms with Crippen LogP contribution in [-0.2, 0) is 0 Å². The standard InChI is InChI=1S/C13H25N/c1-10-7-11(2)9-13(8-10)12(3)5-4-6-14/h10-11H,4-9,14H2,1-3H3. The Morgan fingerprint density at radius 3 is 2.36 bits per heavy atom. The molecule has 1 nitrogen and oxygen atoms in total. The molecule has 0 heterocycles. The molecule has 82 valence electrons. The van der Waals surface area contributed by atoms with Gasteiger partial charge in [0.05, 0.1) is 0 Å². The Hall–Kier alpha value is -0.300. The van der Waals surface area contributed by atoms with Gasteiger partial charge in [0, 0.05) is 0 Å². The van der Waals surface area contributed by atoms with Crippen molar-refractivity contribution >= 4 is 0 Å². The molecular weight excluding hydrogens is 170 g/mol. The van der Waals surface area contributed by atoms with E-state index in [9.17, 15) is 0 Å². The summed E-state index contributed by atoms with van der Waals surface area (Å²) in [6.45, 7) is 7.89. The van der Waals surface area contributed by atoms with Crippen LogP contribution in [0.3, 0.4) is 0 Å². The molecule has 0 aliphatic heterocycles. The molecule has 0 aromatic rings. The van der Waals surface area contributed by atoms with Crippen LogP contribution in [0.25, 0.3) is 0 Å². The summed E-state index contributed by atoms with van der Waals surface area (Å²) in [5.74, 6) is 1.78. The summed E-state index contributed by atoms with van der Waals surface area (Å²) in [4.78, 5) is 0. The second-order valence-corrected chi connectivity index (χ2v) is 5.13. The Kier molecular flexibility index (Phi) is 4.67. The van der Waals surface area contributed by atoms with Crippen molar-refractivity contribution in [3.8, 4) is 0 Å². The number of hydrogen-bond acceptors (Lipinski definition) is 1. The van der Waals surface area contributed by atoms with Gasteiger partial charge >= 0.3 is 0 Å². The Labute approximate surface area is 88.8 Å². The summed E-state index contributed by atoms with van der Waals surface area (Å²) < 4.78 is 0. The van der Waals surface area contributed by atoms with Crippen LogP contribution in [0, 0.1) is 11.8 Å². The zero-order valence-corrected chi connectivity index (χ0v) is 9.97. The molecule has 1 heteroatoms. The normalized spacial score (nSPS) is 27.9. The van der Waals surface area contributed by atoms with Crippen molar-refractivity contribution in [3.63, 3.8) is 0 Å². The second-order valence-electron chi connectivity index (χ2n) is 5.13. The van der Waals surface area contributed by atoms with E-state index in [1.165, 1.54) is 25.7 Å². The van der Waals surface area contributed by atoms with Gasteiger partial charge in [-0.1, -0.05) is 25.0 Å². The van der Waals surface area contributed by atoms with Gasteiger partial charge in [-0.2, -0.15) is 0 Å². The molecule has 2 N–H and O–H groups in total. The second kappa shape index (κ2) is 5.55. The van der Waals surface area contributed by atoms with Crippen molar-refractivity contribution in [2.75, 3.05) is 6.54 Å². The van der Waals surface area contributed by atoms with Gasteiger partial charge in [-0.15, -0.1) is 0 Å². The average molecular weight is 195 g/mol. The van der Waals surface area contributed by atoms with E-state index in [2.05, 4.69) is 20.8 Å². The summed E-state index contributed by atoms with van der Waals surface area (Å²) >= 11 is 0. The fourth-order valence-electron chi connectivity index (χ4n) is 2.67. The summed E-state index contributed by atoms with van der Waals surface area (Å²) in [6, 6.07) is 0. The molecule has 0 aromatic heterocycles. The van der Waals surface area contributed by atoms with Crippen molar-refractivity contribution in [1.82, 2.24) is 0 Å². The largest absolute Gasteiger partial charge is 0.330 e. The molecule has 1 aliphatic carbocycles. The van der Waals surface area contributed by atoms with Crippen LogP contribution in [0.15, 0.2) is 11.1 Å². The number of rotatable bonds is 3. The van der Waals surface area contributed by atoms with E-state index >= 15 is 0 Å². The summed E-state index contributed by atoms with van der Waals surface area (Å²) in [5, 5.41) is 0. The first-order chi connectivity index (χ1) is 6.63. The van der Waals surface area contributed by atoms with E-state index in [-0.39, 0.29) is 0 Å². The van der Waals surface area contributed by atoms with Crippen molar-refractivity contribution < 1.29 is 0 Å². The van der Waals surface area contributed by atoms with Crippen molar-refractivity contribution in [1.29, 1.82) is 0 Å². The highest BCUT2D eigenvalue weighted by Crippen LogP contribution is 2.34. The quantitative estimate of drug-likeness (QED) is 0.685. The molecule has 0 spiro atoms. The summed E-state index contributed by atoms with van der Waals surface area (Å²) in [7, 11) is 0. The van der Waals surface area contributed by atoms with Crippen molar-refractivity contribution in [3.05, 3.63) is 11.1 Å². The smallest absolute Gasteiger partial charge is 0.00742 e. The van der Waals surface area contributed by atoms with Crippen LogP contribution >= 0.6 is 0 Å². The minimum atomic E-state index is 0.829.